The van der Waals surface area contributed by atoms with Crippen molar-refractivity contribution in [1.82, 2.24) is 10.3 Å². The fourth-order valence-electron chi connectivity index (χ4n) is 3.89. The zero-order valence-electron chi connectivity index (χ0n) is 19.2. The number of fused-ring (bicyclic) bond motifs is 1. The van der Waals surface area contributed by atoms with Gasteiger partial charge in [0.1, 0.15) is 4.88 Å². The first-order valence-electron chi connectivity index (χ1n) is 11.0. The molecule has 0 unspecified atom stereocenters. The number of rotatable bonds is 5. The number of ether oxygens (including phenoxy) is 1. The van der Waals surface area contributed by atoms with Gasteiger partial charge in [-0.25, -0.2) is 9.78 Å². The maximum Gasteiger partial charge on any atom is 0.350 e. The van der Waals surface area contributed by atoms with Crippen LogP contribution in [0.1, 0.15) is 33.4 Å². The van der Waals surface area contributed by atoms with Crippen LogP contribution in [0.25, 0.3) is 5.57 Å². The number of esters is 1. The third kappa shape index (κ3) is 4.55. The molecule has 1 aromatic heterocycles. The summed E-state index contributed by atoms with van der Waals surface area (Å²) in [5, 5.41) is 3.74. The van der Waals surface area contributed by atoms with E-state index in [1.807, 2.05) is 30.3 Å². The van der Waals surface area contributed by atoms with Crippen molar-refractivity contribution in [3.05, 3.63) is 80.2 Å². The molecule has 11 heteroatoms. The Morgan fingerprint density at radius 2 is 1.97 bits per heavy atom. The molecule has 2 aromatic carbocycles. The number of amides is 2. The predicted molar refractivity (Wildman–Crippen MR) is 142 cm³/mol. The first-order valence-corrected chi connectivity index (χ1v) is 13.0. The van der Waals surface area contributed by atoms with E-state index in [1.54, 1.807) is 36.9 Å². The zero-order chi connectivity index (χ0) is 25.4. The number of amidine groups is 1. The van der Waals surface area contributed by atoms with Crippen LogP contribution in [0, 0.1) is 6.92 Å². The molecule has 0 bridgehead atoms. The number of halogens is 1. The number of aromatic nitrogens is 1. The van der Waals surface area contributed by atoms with Crippen LogP contribution in [0.4, 0.5) is 10.8 Å². The summed E-state index contributed by atoms with van der Waals surface area (Å²) in [6.07, 6.45) is 0. The van der Waals surface area contributed by atoms with Gasteiger partial charge in [0.05, 0.1) is 35.0 Å². The standard InChI is InChI=1S/C25H19ClN4O4S2/c1-3-34-23(33)19-13(2)27-24(35-19)29-25-28-21(31)20(36-25)18-16-11-15(26)9-10-17(16)30(22(18)32)12-14-7-5-4-6-8-14/h4-11H,3,12H2,1-2H3,(H,27,28,29,31)/b20-18-. The van der Waals surface area contributed by atoms with Gasteiger partial charge >= 0.3 is 5.97 Å². The molecular formula is C25H19ClN4O4S2. The van der Waals surface area contributed by atoms with Gasteiger partial charge in [0.2, 0.25) is 5.13 Å². The van der Waals surface area contributed by atoms with Crippen LogP contribution < -0.4 is 10.2 Å². The molecule has 36 heavy (non-hydrogen) atoms. The summed E-state index contributed by atoms with van der Waals surface area (Å²) in [5.74, 6) is -1.19. The summed E-state index contributed by atoms with van der Waals surface area (Å²) in [6, 6.07) is 14.8. The predicted octanol–water partition coefficient (Wildman–Crippen LogP) is 5.09. The van der Waals surface area contributed by atoms with E-state index in [2.05, 4.69) is 15.3 Å². The average molecular weight is 539 g/mol. The molecule has 1 fully saturated rings. The Bertz CT molecular complexity index is 1470. The van der Waals surface area contributed by atoms with Crippen LogP contribution in [0.2, 0.25) is 5.02 Å². The van der Waals surface area contributed by atoms with Crippen molar-refractivity contribution in [2.75, 3.05) is 11.5 Å². The molecule has 3 aromatic rings. The molecule has 2 aliphatic heterocycles. The van der Waals surface area contributed by atoms with E-state index in [4.69, 9.17) is 16.3 Å². The van der Waals surface area contributed by atoms with Gasteiger partial charge in [-0.15, -0.1) is 0 Å². The lowest BCUT2D eigenvalue weighted by atomic mass is 10.1. The molecule has 182 valence electrons. The number of aryl methyl sites for hydroxylation is 1. The van der Waals surface area contributed by atoms with Gasteiger partial charge in [-0.2, -0.15) is 4.99 Å². The highest BCUT2D eigenvalue weighted by molar-refractivity contribution is 8.18. The van der Waals surface area contributed by atoms with Crippen molar-refractivity contribution in [3.63, 3.8) is 0 Å². The Labute approximate surface area is 220 Å². The maximum atomic E-state index is 13.6. The number of anilines is 1. The highest BCUT2D eigenvalue weighted by atomic mass is 35.5. The quantitative estimate of drug-likeness (QED) is 0.359. The smallest absolute Gasteiger partial charge is 0.350 e. The van der Waals surface area contributed by atoms with Crippen molar-refractivity contribution in [3.8, 4) is 0 Å². The van der Waals surface area contributed by atoms with Crippen LogP contribution >= 0.6 is 34.7 Å². The third-order valence-corrected chi connectivity index (χ3v) is 7.70. The van der Waals surface area contributed by atoms with Gasteiger partial charge in [-0.1, -0.05) is 53.3 Å². The van der Waals surface area contributed by atoms with Crippen LogP contribution in [0.5, 0.6) is 0 Å². The van der Waals surface area contributed by atoms with E-state index < -0.39 is 11.9 Å². The Hall–Kier alpha value is -3.47. The van der Waals surface area contributed by atoms with Gasteiger partial charge in [0, 0.05) is 10.6 Å². The van der Waals surface area contributed by atoms with E-state index in [0.717, 1.165) is 28.7 Å². The first-order chi connectivity index (χ1) is 17.4. The van der Waals surface area contributed by atoms with E-state index in [9.17, 15) is 14.4 Å². The lowest BCUT2D eigenvalue weighted by molar-refractivity contribution is -0.116. The number of benzene rings is 2. The SMILES string of the molecule is CCOC(=O)c1sc(/N=C2\NC(=O)/C(=C3/C(=O)N(Cc4ccccc4)c4ccc(Cl)cc43)S2)nc1C. The molecule has 0 spiro atoms. The van der Waals surface area contributed by atoms with Crippen molar-refractivity contribution >= 4 is 74.0 Å². The van der Waals surface area contributed by atoms with Crippen LogP contribution in [-0.2, 0) is 20.9 Å². The summed E-state index contributed by atoms with van der Waals surface area (Å²) in [7, 11) is 0. The second-order valence-corrected chi connectivity index (χ2v) is 10.3. The second kappa shape index (κ2) is 9.88. The molecular weight excluding hydrogens is 520 g/mol. The maximum absolute atomic E-state index is 13.6. The molecule has 1 saturated heterocycles. The number of hydrogen-bond acceptors (Lipinski definition) is 8. The number of nitrogens with one attached hydrogen (secondary N) is 1. The molecule has 0 atom stereocenters. The zero-order valence-corrected chi connectivity index (χ0v) is 21.6. The van der Waals surface area contributed by atoms with E-state index >= 15 is 0 Å². The summed E-state index contributed by atoms with van der Waals surface area (Å²) in [5.41, 5.74) is 3.01. The first kappa shape index (κ1) is 24.2. The van der Waals surface area contributed by atoms with Crippen LogP contribution in [0.15, 0.2) is 58.4 Å². The highest BCUT2D eigenvalue weighted by Gasteiger charge is 2.39. The molecule has 2 aliphatic rings. The van der Waals surface area contributed by atoms with Gasteiger partial charge in [0.25, 0.3) is 11.8 Å². The Balaban J connectivity index is 1.50. The monoisotopic (exact) mass is 538 g/mol. The Morgan fingerprint density at radius 3 is 2.72 bits per heavy atom. The fourth-order valence-corrected chi connectivity index (χ4v) is 5.87. The molecule has 8 nitrogen and oxygen atoms in total. The lowest BCUT2D eigenvalue weighted by Crippen LogP contribution is -2.26. The molecule has 0 saturated carbocycles. The van der Waals surface area contributed by atoms with Gasteiger partial charge < -0.3 is 15.0 Å². The van der Waals surface area contributed by atoms with Crippen LogP contribution in [0.3, 0.4) is 0 Å². The van der Waals surface area contributed by atoms with Crippen molar-refractivity contribution in [2.45, 2.75) is 20.4 Å². The van der Waals surface area contributed by atoms with Crippen LogP contribution in [-0.4, -0.2) is 34.5 Å². The third-order valence-electron chi connectivity index (χ3n) is 5.46. The van der Waals surface area contributed by atoms with E-state index in [-0.39, 0.29) is 28.2 Å². The minimum atomic E-state index is -0.464. The highest BCUT2D eigenvalue weighted by Crippen LogP contribution is 2.44. The number of carbonyl (C=O) groups is 3. The number of thiazole rings is 1. The summed E-state index contributed by atoms with van der Waals surface area (Å²) in [4.78, 5) is 49.6. The van der Waals surface area contributed by atoms with Crippen molar-refractivity contribution in [1.29, 1.82) is 0 Å². The molecule has 5 rings (SSSR count). The normalized spacial score (nSPS) is 18.1. The molecule has 1 N–H and O–H groups in total. The molecule has 3 heterocycles. The lowest BCUT2D eigenvalue weighted by Gasteiger charge is -2.17. The summed E-state index contributed by atoms with van der Waals surface area (Å²) >= 11 is 8.39. The van der Waals surface area contributed by atoms with Crippen molar-refractivity contribution < 1.29 is 19.1 Å². The summed E-state index contributed by atoms with van der Waals surface area (Å²) < 4.78 is 5.05. The minimum Gasteiger partial charge on any atom is -0.462 e. The molecule has 0 radical (unpaired) electrons. The van der Waals surface area contributed by atoms with E-state index in [1.165, 1.54) is 0 Å². The minimum absolute atomic E-state index is 0.233. The average Bonchev–Trinajstić information content (AvgIpc) is 3.48. The van der Waals surface area contributed by atoms with E-state index in [0.29, 0.717) is 38.5 Å². The summed E-state index contributed by atoms with van der Waals surface area (Å²) in [6.45, 7) is 4.03. The molecule has 0 aliphatic carbocycles. The number of carbonyl (C=O) groups excluding carboxylic acids is 3. The topological polar surface area (TPSA) is 101 Å². The van der Waals surface area contributed by atoms with Gasteiger partial charge in [0.15, 0.2) is 5.17 Å². The second-order valence-electron chi connectivity index (χ2n) is 7.85. The van der Waals surface area contributed by atoms with Gasteiger partial charge in [-0.3, -0.25) is 9.59 Å². The number of aliphatic imine (C=N–C) groups is 1. The largest absolute Gasteiger partial charge is 0.462 e. The molecule has 2 amide bonds. The Morgan fingerprint density at radius 1 is 1.19 bits per heavy atom. The Kier molecular flexibility index (Phi) is 6.65. The number of hydrogen-bond donors (Lipinski definition) is 1. The number of nitrogens with zero attached hydrogens (tertiary/aromatic N) is 3. The fraction of sp³-hybridized carbons (Fsp3) is 0.160. The van der Waals surface area contributed by atoms with Crippen molar-refractivity contribution in [2.24, 2.45) is 4.99 Å². The number of thioether (sulfide) groups is 1. The van der Waals surface area contributed by atoms with Gasteiger partial charge in [-0.05, 0) is 49.4 Å².